The van der Waals surface area contributed by atoms with Gasteiger partial charge in [0, 0.05) is 31.3 Å². The van der Waals surface area contributed by atoms with Gasteiger partial charge in [-0.1, -0.05) is 5.16 Å². The molecule has 130 valence electrons. The van der Waals surface area contributed by atoms with Crippen molar-refractivity contribution in [3.63, 3.8) is 0 Å². The SMILES string of the molecule is CCS(=O)(=O)N1CCCC(c2nc(C)ncc2-c2cc(C)no2)C1. The highest BCUT2D eigenvalue weighted by Gasteiger charge is 2.31. The van der Waals surface area contributed by atoms with Crippen molar-refractivity contribution in [2.45, 2.75) is 39.5 Å². The van der Waals surface area contributed by atoms with Crippen LogP contribution in [-0.4, -0.2) is 46.7 Å². The Morgan fingerprint density at radius 1 is 1.38 bits per heavy atom. The number of sulfonamides is 1. The van der Waals surface area contributed by atoms with Crippen LogP contribution in [0.25, 0.3) is 11.3 Å². The van der Waals surface area contributed by atoms with E-state index in [-0.39, 0.29) is 11.7 Å². The molecular formula is C16H22N4O3S. The Kier molecular flexibility index (Phi) is 4.69. The molecule has 8 heteroatoms. The zero-order valence-electron chi connectivity index (χ0n) is 14.2. The minimum atomic E-state index is -3.19. The van der Waals surface area contributed by atoms with Crippen LogP contribution in [0.2, 0.25) is 0 Å². The fraction of sp³-hybridized carbons (Fsp3) is 0.562. The molecule has 1 saturated heterocycles. The Hall–Kier alpha value is -1.80. The van der Waals surface area contributed by atoms with Gasteiger partial charge in [0.05, 0.1) is 22.7 Å². The molecule has 3 heterocycles. The maximum Gasteiger partial charge on any atom is 0.213 e. The molecule has 1 unspecified atom stereocenters. The minimum Gasteiger partial charge on any atom is -0.356 e. The predicted molar refractivity (Wildman–Crippen MR) is 90.0 cm³/mol. The minimum absolute atomic E-state index is 0.0298. The Labute approximate surface area is 142 Å². The standard InChI is InChI=1S/C16H22N4O3S/c1-4-24(21,22)20-7-5-6-13(10-20)16-14(9-17-12(3)18-16)15-8-11(2)19-23-15/h8-9,13H,4-7,10H2,1-3H3. The van der Waals surface area contributed by atoms with Crippen molar-refractivity contribution in [2.24, 2.45) is 0 Å². The quantitative estimate of drug-likeness (QED) is 0.840. The van der Waals surface area contributed by atoms with Gasteiger partial charge in [-0.15, -0.1) is 0 Å². The molecule has 1 atom stereocenters. The third kappa shape index (κ3) is 3.34. The molecular weight excluding hydrogens is 328 g/mol. The number of rotatable bonds is 4. The summed E-state index contributed by atoms with van der Waals surface area (Å²) in [7, 11) is -3.19. The summed E-state index contributed by atoms with van der Waals surface area (Å²) in [6, 6.07) is 1.85. The third-order valence-corrected chi connectivity index (χ3v) is 6.21. The number of aryl methyl sites for hydroxylation is 2. The maximum atomic E-state index is 12.2. The highest BCUT2D eigenvalue weighted by atomic mass is 32.2. The molecule has 0 bridgehead atoms. The molecule has 0 amide bonds. The molecule has 7 nitrogen and oxygen atoms in total. The van der Waals surface area contributed by atoms with Crippen molar-refractivity contribution >= 4 is 10.0 Å². The van der Waals surface area contributed by atoms with E-state index in [2.05, 4.69) is 15.1 Å². The van der Waals surface area contributed by atoms with Crippen molar-refractivity contribution in [1.29, 1.82) is 0 Å². The van der Waals surface area contributed by atoms with Crippen LogP contribution in [0.4, 0.5) is 0 Å². The van der Waals surface area contributed by atoms with Gasteiger partial charge in [0.2, 0.25) is 10.0 Å². The molecule has 0 saturated carbocycles. The van der Waals surface area contributed by atoms with Gasteiger partial charge in [0.25, 0.3) is 0 Å². The molecule has 2 aromatic rings. The summed E-state index contributed by atoms with van der Waals surface area (Å²) in [6.45, 7) is 6.40. The average Bonchev–Trinajstić information content (AvgIpc) is 3.01. The number of piperidine rings is 1. The number of aromatic nitrogens is 3. The molecule has 0 aliphatic carbocycles. The van der Waals surface area contributed by atoms with E-state index < -0.39 is 10.0 Å². The molecule has 0 radical (unpaired) electrons. The number of hydrogen-bond acceptors (Lipinski definition) is 6. The topological polar surface area (TPSA) is 89.2 Å². The van der Waals surface area contributed by atoms with Crippen LogP contribution in [0.5, 0.6) is 0 Å². The van der Waals surface area contributed by atoms with E-state index in [4.69, 9.17) is 4.52 Å². The fourth-order valence-corrected chi connectivity index (χ4v) is 4.26. The van der Waals surface area contributed by atoms with E-state index in [1.165, 1.54) is 0 Å². The normalized spacial score (nSPS) is 19.5. The fourth-order valence-electron chi connectivity index (χ4n) is 3.08. The zero-order chi connectivity index (χ0) is 17.3. The molecule has 2 aromatic heterocycles. The molecule has 1 aliphatic heterocycles. The molecule has 24 heavy (non-hydrogen) atoms. The van der Waals surface area contributed by atoms with Crippen LogP contribution in [0, 0.1) is 13.8 Å². The lowest BCUT2D eigenvalue weighted by Crippen LogP contribution is -2.40. The van der Waals surface area contributed by atoms with Gasteiger partial charge >= 0.3 is 0 Å². The van der Waals surface area contributed by atoms with Crippen LogP contribution in [-0.2, 0) is 10.0 Å². The van der Waals surface area contributed by atoms with Gasteiger partial charge < -0.3 is 4.52 Å². The summed E-state index contributed by atoms with van der Waals surface area (Å²) in [6.07, 6.45) is 3.46. The molecule has 0 N–H and O–H groups in total. The predicted octanol–water partition coefficient (Wildman–Crippen LogP) is 2.28. The molecule has 1 fully saturated rings. The summed E-state index contributed by atoms with van der Waals surface area (Å²) in [5.74, 6) is 1.44. The van der Waals surface area contributed by atoms with Crippen molar-refractivity contribution in [3.8, 4) is 11.3 Å². The summed E-state index contributed by atoms with van der Waals surface area (Å²) < 4.78 is 31.4. The van der Waals surface area contributed by atoms with Crippen LogP contribution in [0.15, 0.2) is 16.8 Å². The van der Waals surface area contributed by atoms with E-state index in [0.29, 0.717) is 24.7 Å². The second kappa shape index (κ2) is 6.60. The van der Waals surface area contributed by atoms with Crippen molar-refractivity contribution < 1.29 is 12.9 Å². The highest BCUT2D eigenvalue weighted by molar-refractivity contribution is 7.89. The van der Waals surface area contributed by atoms with Crippen LogP contribution in [0.1, 0.15) is 42.9 Å². The summed E-state index contributed by atoms with van der Waals surface area (Å²) in [5.41, 5.74) is 2.42. The van der Waals surface area contributed by atoms with Gasteiger partial charge in [-0.3, -0.25) is 0 Å². The lowest BCUT2D eigenvalue weighted by molar-refractivity contribution is 0.312. The Morgan fingerprint density at radius 2 is 2.17 bits per heavy atom. The Morgan fingerprint density at radius 3 is 2.83 bits per heavy atom. The van der Waals surface area contributed by atoms with Crippen LogP contribution < -0.4 is 0 Å². The van der Waals surface area contributed by atoms with Gasteiger partial charge in [-0.2, -0.15) is 0 Å². The first kappa shape index (κ1) is 17.0. The first-order valence-electron chi connectivity index (χ1n) is 8.15. The van der Waals surface area contributed by atoms with Gasteiger partial charge in [-0.25, -0.2) is 22.7 Å². The lowest BCUT2D eigenvalue weighted by Gasteiger charge is -2.32. The smallest absolute Gasteiger partial charge is 0.213 e. The molecule has 3 rings (SSSR count). The van der Waals surface area contributed by atoms with Crippen molar-refractivity contribution in [1.82, 2.24) is 19.4 Å². The first-order chi connectivity index (χ1) is 11.4. The highest BCUT2D eigenvalue weighted by Crippen LogP contribution is 2.34. The number of nitrogens with zero attached hydrogens (tertiary/aromatic N) is 4. The van der Waals surface area contributed by atoms with E-state index >= 15 is 0 Å². The Balaban J connectivity index is 1.98. The van der Waals surface area contributed by atoms with Gasteiger partial charge in [0.15, 0.2) is 5.76 Å². The van der Waals surface area contributed by atoms with Gasteiger partial charge in [0.1, 0.15) is 5.82 Å². The first-order valence-corrected chi connectivity index (χ1v) is 9.76. The summed E-state index contributed by atoms with van der Waals surface area (Å²) >= 11 is 0. The lowest BCUT2D eigenvalue weighted by atomic mass is 9.92. The summed E-state index contributed by atoms with van der Waals surface area (Å²) in [5, 5.41) is 3.93. The zero-order valence-corrected chi connectivity index (χ0v) is 15.0. The van der Waals surface area contributed by atoms with E-state index in [0.717, 1.165) is 29.8 Å². The number of hydrogen-bond donors (Lipinski definition) is 0. The maximum absolute atomic E-state index is 12.2. The monoisotopic (exact) mass is 350 g/mol. The third-order valence-electron chi connectivity index (χ3n) is 4.36. The van der Waals surface area contributed by atoms with Crippen LogP contribution in [0.3, 0.4) is 0 Å². The van der Waals surface area contributed by atoms with E-state index in [9.17, 15) is 8.42 Å². The second-order valence-corrected chi connectivity index (χ2v) is 8.40. The Bertz CT molecular complexity index is 832. The average molecular weight is 350 g/mol. The van der Waals surface area contributed by atoms with Gasteiger partial charge in [-0.05, 0) is 33.6 Å². The van der Waals surface area contributed by atoms with Crippen LogP contribution >= 0.6 is 0 Å². The summed E-state index contributed by atoms with van der Waals surface area (Å²) in [4.78, 5) is 8.88. The molecule has 0 aromatic carbocycles. The second-order valence-electron chi connectivity index (χ2n) is 6.15. The van der Waals surface area contributed by atoms with Crippen molar-refractivity contribution in [3.05, 3.63) is 29.5 Å². The van der Waals surface area contributed by atoms with E-state index in [1.54, 1.807) is 17.4 Å². The van der Waals surface area contributed by atoms with E-state index in [1.807, 2.05) is 19.9 Å². The molecule has 0 spiro atoms. The van der Waals surface area contributed by atoms with Crippen molar-refractivity contribution in [2.75, 3.05) is 18.8 Å². The molecule has 1 aliphatic rings. The largest absolute Gasteiger partial charge is 0.356 e.